The number of hydrogen-bond acceptors (Lipinski definition) is 4. The second-order valence-electron chi connectivity index (χ2n) is 3.01. The Morgan fingerprint density at radius 3 is 2.60 bits per heavy atom. The van der Waals surface area contributed by atoms with Crippen LogP contribution in [0.5, 0.6) is 0 Å². The summed E-state index contributed by atoms with van der Waals surface area (Å²) in [7, 11) is 1.62. The molecule has 0 aromatic heterocycles. The summed E-state index contributed by atoms with van der Waals surface area (Å²) in [5.41, 5.74) is 0. The molecule has 0 aromatic carbocycles. The molecule has 0 aliphatic carbocycles. The zero-order chi connectivity index (χ0) is 11.4. The Morgan fingerprint density at radius 2 is 1.93 bits per heavy atom. The summed E-state index contributed by atoms with van der Waals surface area (Å²) >= 11 is 0. The van der Waals surface area contributed by atoms with E-state index in [9.17, 15) is 4.79 Å². The lowest BCUT2D eigenvalue weighted by atomic mass is 10.5. The Balaban J connectivity index is 3.10. The second kappa shape index (κ2) is 11.4. The maximum Gasteiger partial charge on any atom is 0.246 e. The van der Waals surface area contributed by atoms with Gasteiger partial charge in [0.15, 0.2) is 0 Å². The van der Waals surface area contributed by atoms with Crippen molar-refractivity contribution in [3.8, 4) is 0 Å². The van der Waals surface area contributed by atoms with Crippen LogP contribution in [-0.2, 0) is 19.0 Å². The molecule has 0 rings (SSSR count). The van der Waals surface area contributed by atoms with Crippen molar-refractivity contribution < 1.29 is 19.0 Å². The molecule has 0 aliphatic rings. The molecule has 0 aromatic rings. The molecule has 15 heavy (non-hydrogen) atoms. The number of amides is 1. The monoisotopic (exact) mass is 219 g/mol. The van der Waals surface area contributed by atoms with Crippen molar-refractivity contribution in [2.75, 3.05) is 46.7 Å². The number of carbonyl (C=O) groups is 1. The van der Waals surface area contributed by atoms with Crippen molar-refractivity contribution >= 4 is 5.91 Å². The molecule has 5 heteroatoms. The van der Waals surface area contributed by atoms with E-state index in [0.717, 1.165) is 6.42 Å². The zero-order valence-electron chi connectivity index (χ0n) is 9.58. The van der Waals surface area contributed by atoms with Crippen LogP contribution in [0.25, 0.3) is 0 Å². The SMILES string of the molecule is CCCOCC(=O)NCCOCCOC. The van der Waals surface area contributed by atoms with Gasteiger partial charge in [-0.3, -0.25) is 4.79 Å². The molecular formula is C10H21NO4. The predicted octanol–water partition coefficient (Wildman–Crippen LogP) is 0.192. The summed E-state index contributed by atoms with van der Waals surface area (Å²) in [6.45, 7) is 4.90. The van der Waals surface area contributed by atoms with Gasteiger partial charge in [-0.2, -0.15) is 0 Å². The molecule has 0 atom stereocenters. The fourth-order valence-corrected chi connectivity index (χ4v) is 0.867. The van der Waals surface area contributed by atoms with Crippen LogP contribution >= 0.6 is 0 Å². The van der Waals surface area contributed by atoms with Crippen molar-refractivity contribution in [3.05, 3.63) is 0 Å². The van der Waals surface area contributed by atoms with E-state index in [0.29, 0.717) is 33.0 Å². The van der Waals surface area contributed by atoms with Crippen molar-refractivity contribution in [2.24, 2.45) is 0 Å². The largest absolute Gasteiger partial charge is 0.382 e. The number of carbonyl (C=O) groups excluding carboxylic acids is 1. The van der Waals surface area contributed by atoms with Gasteiger partial charge in [0.05, 0.1) is 19.8 Å². The van der Waals surface area contributed by atoms with E-state index in [2.05, 4.69) is 5.32 Å². The average Bonchev–Trinajstić information content (AvgIpc) is 2.23. The van der Waals surface area contributed by atoms with Crippen LogP contribution in [0.4, 0.5) is 0 Å². The van der Waals surface area contributed by atoms with Crippen LogP contribution in [0.15, 0.2) is 0 Å². The first-order valence-corrected chi connectivity index (χ1v) is 5.22. The minimum Gasteiger partial charge on any atom is -0.382 e. The third-order valence-corrected chi connectivity index (χ3v) is 1.58. The van der Waals surface area contributed by atoms with Gasteiger partial charge < -0.3 is 19.5 Å². The number of nitrogens with one attached hydrogen (secondary N) is 1. The summed E-state index contributed by atoms with van der Waals surface area (Å²) in [5, 5.41) is 2.69. The van der Waals surface area contributed by atoms with Gasteiger partial charge in [0.2, 0.25) is 5.91 Å². The van der Waals surface area contributed by atoms with E-state index in [-0.39, 0.29) is 12.5 Å². The standard InChI is InChI=1S/C10H21NO4/c1-3-5-15-9-10(12)11-4-6-14-8-7-13-2/h3-9H2,1-2H3,(H,11,12). The van der Waals surface area contributed by atoms with Crippen LogP contribution in [0.1, 0.15) is 13.3 Å². The molecule has 0 unspecified atom stereocenters. The topological polar surface area (TPSA) is 56.8 Å². The highest BCUT2D eigenvalue weighted by molar-refractivity contribution is 5.77. The lowest BCUT2D eigenvalue weighted by Gasteiger charge is -2.06. The number of ether oxygens (including phenoxy) is 3. The fraction of sp³-hybridized carbons (Fsp3) is 0.900. The van der Waals surface area contributed by atoms with Crippen molar-refractivity contribution in [1.29, 1.82) is 0 Å². The highest BCUT2D eigenvalue weighted by Crippen LogP contribution is 1.80. The Bertz CT molecular complexity index is 152. The molecule has 0 aliphatic heterocycles. The molecule has 90 valence electrons. The number of methoxy groups -OCH3 is 1. The van der Waals surface area contributed by atoms with Gasteiger partial charge in [0.1, 0.15) is 6.61 Å². The summed E-state index contributed by atoms with van der Waals surface area (Å²) in [6.07, 6.45) is 0.924. The minimum absolute atomic E-state index is 0.0983. The van der Waals surface area contributed by atoms with Crippen molar-refractivity contribution in [1.82, 2.24) is 5.32 Å². The lowest BCUT2D eigenvalue weighted by Crippen LogP contribution is -2.31. The van der Waals surface area contributed by atoms with Crippen LogP contribution < -0.4 is 5.32 Å². The van der Waals surface area contributed by atoms with E-state index in [1.807, 2.05) is 6.92 Å². The molecule has 0 spiro atoms. The van der Waals surface area contributed by atoms with E-state index in [1.165, 1.54) is 0 Å². The molecule has 0 radical (unpaired) electrons. The van der Waals surface area contributed by atoms with Gasteiger partial charge >= 0.3 is 0 Å². The van der Waals surface area contributed by atoms with Crippen LogP contribution in [0.2, 0.25) is 0 Å². The third kappa shape index (κ3) is 11.3. The van der Waals surface area contributed by atoms with Crippen LogP contribution in [0, 0.1) is 0 Å². The Kier molecular flexibility index (Phi) is 10.9. The van der Waals surface area contributed by atoms with E-state index in [1.54, 1.807) is 7.11 Å². The molecule has 0 saturated heterocycles. The molecular weight excluding hydrogens is 198 g/mol. The van der Waals surface area contributed by atoms with Gasteiger partial charge in [-0.1, -0.05) is 6.92 Å². The third-order valence-electron chi connectivity index (χ3n) is 1.58. The Morgan fingerprint density at radius 1 is 1.13 bits per heavy atom. The minimum atomic E-state index is -0.0983. The van der Waals surface area contributed by atoms with Crippen LogP contribution in [-0.4, -0.2) is 52.6 Å². The highest BCUT2D eigenvalue weighted by Gasteiger charge is 1.99. The van der Waals surface area contributed by atoms with Gasteiger partial charge in [0, 0.05) is 20.3 Å². The highest BCUT2D eigenvalue weighted by atomic mass is 16.5. The molecule has 1 amide bonds. The zero-order valence-corrected chi connectivity index (χ0v) is 9.58. The molecule has 5 nitrogen and oxygen atoms in total. The van der Waals surface area contributed by atoms with E-state index < -0.39 is 0 Å². The maximum absolute atomic E-state index is 11.1. The molecule has 0 heterocycles. The van der Waals surface area contributed by atoms with Gasteiger partial charge in [0.25, 0.3) is 0 Å². The average molecular weight is 219 g/mol. The quantitative estimate of drug-likeness (QED) is 0.533. The first-order valence-electron chi connectivity index (χ1n) is 5.22. The molecule has 1 N–H and O–H groups in total. The van der Waals surface area contributed by atoms with E-state index in [4.69, 9.17) is 14.2 Å². The first kappa shape index (κ1) is 14.3. The summed E-state index contributed by atoms with van der Waals surface area (Å²) in [5.74, 6) is -0.0983. The van der Waals surface area contributed by atoms with Crippen molar-refractivity contribution in [2.45, 2.75) is 13.3 Å². The van der Waals surface area contributed by atoms with Gasteiger partial charge in [-0.25, -0.2) is 0 Å². The predicted molar refractivity (Wildman–Crippen MR) is 56.8 cm³/mol. The maximum atomic E-state index is 11.1. The molecule has 0 fully saturated rings. The van der Waals surface area contributed by atoms with Crippen LogP contribution in [0.3, 0.4) is 0 Å². The second-order valence-corrected chi connectivity index (χ2v) is 3.01. The first-order chi connectivity index (χ1) is 7.31. The van der Waals surface area contributed by atoms with Crippen molar-refractivity contribution in [3.63, 3.8) is 0 Å². The number of rotatable bonds is 10. The summed E-state index contributed by atoms with van der Waals surface area (Å²) < 4.78 is 15.0. The van der Waals surface area contributed by atoms with Gasteiger partial charge in [-0.15, -0.1) is 0 Å². The molecule has 0 bridgehead atoms. The normalized spacial score (nSPS) is 10.3. The smallest absolute Gasteiger partial charge is 0.246 e. The summed E-state index contributed by atoms with van der Waals surface area (Å²) in [4.78, 5) is 11.1. The van der Waals surface area contributed by atoms with Gasteiger partial charge in [-0.05, 0) is 6.42 Å². The lowest BCUT2D eigenvalue weighted by molar-refractivity contribution is -0.125. The fourth-order valence-electron chi connectivity index (χ4n) is 0.867. The number of hydrogen-bond donors (Lipinski definition) is 1. The summed E-state index contributed by atoms with van der Waals surface area (Å²) in [6, 6.07) is 0. The van der Waals surface area contributed by atoms with E-state index >= 15 is 0 Å². The Labute approximate surface area is 91.1 Å². The molecule has 0 saturated carbocycles. The Hall–Kier alpha value is -0.650.